The van der Waals surface area contributed by atoms with Crippen LogP contribution >= 0.6 is 23.4 Å². The summed E-state index contributed by atoms with van der Waals surface area (Å²) >= 11 is 6.64. The lowest BCUT2D eigenvalue weighted by molar-refractivity contribution is -0.137. The average molecular weight is 418 g/mol. The second-order valence-corrected chi connectivity index (χ2v) is 6.57. The zero-order chi connectivity index (χ0) is 20.0. The quantitative estimate of drug-likeness (QED) is 0.494. The van der Waals surface area contributed by atoms with E-state index in [1.54, 1.807) is 6.07 Å². The largest absolute Gasteiger partial charge is 0.417 e. The second kappa shape index (κ2) is 9.06. The van der Waals surface area contributed by atoms with Crippen LogP contribution in [0.15, 0.2) is 41.6 Å². The Morgan fingerprint density at radius 3 is 2.63 bits per heavy atom. The highest BCUT2D eigenvalue weighted by Gasteiger charge is 2.31. The van der Waals surface area contributed by atoms with Crippen molar-refractivity contribution < 1.29 is 22.4 Å². The number of alkyl halides is 3. The third kappa shape index (κ3) is 5.58. The van der Waals surface area contributed by atoms with Crippen LogP contribution in [0.3, 0.4) is 0 Å². The first-order chi connectivity index (χ1) is 12.7. The van der Waals surface area contributed by atoms with Crippen molar-refractivity contribution in [3.63, 3.8) is 0 Å². The number of benzene rings is 1. The highest BCUT2D eigenvalue weighted by Crippen LogP contribution is 2.34. The number of nitrogens with zero attached hydrogens (tertiary/aromatic N) is 3. The fourth-order valence-electron chi connectivity index (χ4n) is 2.11. The number of thioether (sulfide) groups is 1. The lowest BCUT2D eigenvalue weighted by Gasteiger charge is -2.22. The van der Waals surface area contributed by atoms with Gasteiger partial charge in [-0.05, 0) is 18.2 Å². The zero-order valence-corrected chi connectivity index (χ0v) is 15.2. The number of para-hydroxylation sites is 1. The van der Waals surface area contributed by atoms with Crippen molar-refractivity contribution in [2.75, 3.05) is 17.2 Å². The standard InChI is InChI=1S/C17H12ClF4N3OS/c18-12-8-11(17(20,21)22)9-24-16(12)27-10-15(26)25(7-3-6-23)14-5-2-1-4-13(14)19/h1-2,4-5,8-9H,3,7,10H2. The van der Waals surface area contributed by atoms with Crippen molar-refractivity contribution in [3.8, 4) is 6.07 Å². The van der Waals surface area contributed by atoms with Gasteiger partial charge in [0.1, 0.15) is 10.8 Å². The van der Waals surface area contributed by atoms with Gasteiger partial charge in [0.25, 0.3) is 0 Å². The molecule has 0 bridgehead atoms. The van der Waals surface area contributed by atoms with Crippen LogP contribution in [0.5, 0.6) is 0 Å². The number of pyridine rings is 1. The van der Waals surface area contributed by atoms with E-state index in [2.05, 4.69) is 4.98 Å². The Morgan fingerprint density at radius 2 is 2.04 bits per heavy atom. The molecule has 4 nitrogen and oxygen atoms in total. The van der Waals surface area contributed by atoms with Gasteiger partial charge in [-0.1, -0.05) is 35.5 Å². The Bertz CT molecular complexity index is 870. The Hall–Kier alpha value is -2.31. The third-order valence-corrected chi connectivity index (χ3v) is 4.75. The summed E-state index contributed by atoms with van der Waals surface area (Å²) in [7, 11) is 0. The molecule has 0 saturated heterocycles. The minimum absolute atomic E-state index is 0.00989. The van der Waals surface area contributed by atoms with E-state index < -0.39 is 23.5 Å². The van der Waals surface area contributed by atoms with Gasteiger partial charge in [0.05, 0.1) is 34.5 Å². The minimum Gasteiger partial charge on any atom is -0.308 e. The number of aromatic nitrogens is 1. The highest BCUT2D eigenvalue weighted by molar-refractivity contribution is 8.00. The van der Waals surface area contributed by atoms with E-state index in [1.807, 2.05) is 6.07 Å². The molecule has 2 aromatic rings. The maximum atomic E-state index is 14.0. The minimum atomic E-state index is -4.57. The van der Waals surface area contributed by atoms with Crippen molar-refractivity contribution in [1.29, 1.82) is 5.26 Å². The van der Waals surface area contributed by atoms with Gasteiger partial charge in [0.15, 0.2) is 0 Å². The third-order valence-electron chi connectivity index (χ3n) is 3.36. The van der Waals surface area contributed by atoms with Crippen molar-refractivity contribution in [1.82, 2.24) is 4.98 Å². The first-order valence-corrected chi connectivity index (χ1v) is 8.87. The summed E-state index contributed by atoms with van der Waals surface area (Å²) in [5.41, 5.74) is -0.977. The number of rotatable bonds is 6. The molecule has 10 heteroatoms. The molecule has 1 aromatic heterocycles. The van der Waals surface area contributed by atoms with Gasteiger partial charge in [-0.3, -0.25) is 4.79 Å². The monoisotopic (exact) mass is 417 g/mol. The van der Waals surface area contributed by atoms with Crippen LogP contribution < -0.4 is 4.90 Å². The van der Waals surface area contributed by atoms with E-state index in [1.165, 1.54) is 18.2 Å². The van der Waals surface area contributed by atoms with E-state index >= 15 is 0 Å². The van der Waals surface area contributed by atoms with Crippen molar-refractivity contribution in [2.24, 2.45) is 0 Å². The molecule has 0 spiro atoms. The lowest BCUT2D eigenvalue weighted by Crippen LogP contribution is -2.34. The van der Waals surface area contributed by atoms with Crippen LogP contribution in [0.4, 0.5) is 23.2 Å². The fraction of sp³-hybridized carbons (Fsp3) is 0.235. The van der Waals surface area contributed by atoms with Crippen LogP contribution in [-0.2, 0) is 11.0 Å². The summed E-state index contributed by atoms with van der Waals surface area (Å²) in [6.45, 7) is -0.0228. The van der Waals surface area contributed by atoms with Gasteiger partial charge in [-0.25, -0.2) is 9.37 Å². The number of anilines is 1. The summed E-state index contributed by atoms with van der Waals surface area (Å²) in [6.07, 6.45) is -3.96. The Balaban J connectivity index is 2.14. The van der Waals surface area contributed by atoms with Crippen molar-refractivity contribution in [3.05, 3.63) is 52.9 Å². The van der Waals surface area contributed by atoms with Crippen LogP contribution in [-0.4, -0.2) is 23.2 Å². The van der Waals surface area contributed by atoms with E-state index in [0.717, 1.165) is 22.7 Å². The molecule has 0 saturated carbocycles. The smallest absolute Gasteiger partial charge is 0.308 e. The van der Waals surface area contributed by atoms with Gasteiger partial charge in [0.2, 0.25) is 5.91 Å². The highest BCUT2D eigenvalue weighted by atomic mass is 35.5. The molecule has 0 aliphatic carbocycles. The number of carbonyl (C=O) groups is 1. The summed E-state index contributed by atoms with van der Waals surface area (Å²) in [6, 6.07) is 8.21. The molecule has 142 valence electrons. The van der Waals surface area contributed by atoms with Crippen LogP contribution in [0.25, 0.3) is 0 Å². The summed E-state index contributed by atoms with van der Waals surface area (Å²) in [5, 5.41) is 8.55. The molecular weight excluding hydrogens is 406 g/mol. The number of nitriles is 1. The average Bonchev–Trinajstić information content (AvgIpc) is 2.61. The summed E-state index contributed by atoms with van der Waals surface area (Å²) in [5.74, 6) is -1.39. The van der Waals surface area contributed by atoms with E-state index in [4.69, 9.17) is 16.9 Å². The molecule has 0 aliphatic heterocycles. The number of hydrogen-bond donors (Lipinski definition) is 0. The molecule has 1 heterocycles. The first-order valence-electron chi connectivity index (χ1n) is 7.51. The summed E-state index contributed by atoms with van der Waals surface area (Å²) < 4.78 is 51.9. The molecule has 0 N–H and O–H groups in total. The van der Waals surface area contributed by atoms with Crippen LogP contribution in [0.1, 0.15) is 12.0 Å². The molecule has 27 heavy (non-hydrogen) atoms. The number of carbonyl (C=O) groups excluding carboxylic acids is 1. The zero-order valence-electron chi connectivity index (χ0n) is 13.6. The maximum Gasteiger partial charge on any atom is 0.417 e. The number of amides is 1. The molecule has 2 rings (SSSR count). The van der Waals surface area contributed by atoms with Gasteiger partial charge in [0, 0.05) is 12.7 Å². The van der Waals surface area contributed by atoms with Crippen LogP contribution in [0, 0.1) is 17.1 Å². The van der Waals surface area contributed by atoms with E-state index in [9.17, 15) is 22.4 Å². The molecule has 0 aliphatic rings. The SMILES string of the molecule is N#CCCN(C(=O)CSc1ncc(C(F)(F)F)cc1Cl)c1ccccc1F. The summed E-state index contributed by atoms with van der Waals surface area (Å²) in [4.78, 5) is 17.2. The molecule has 0 unspecified atom stereocenters. The Morgan fingerprint density at radius 1 is 1.33 bits per heavy atom. The first kappa shape index (κ1) is 21.0. The molecule has 0 radical (unpaired) electrons. The number of hydrogen-bond acceptors (Lipinski definition) is 4. The van der Waals surface area contributed by atoms with Crippen molar-refractivity contribution in [2.45, 2.75) is 17.6 Å². The van der Waals surface area contributed by atoms with E-state index in [0.29, 0.717) is 6.20 Å². The maximum absolute atomic E-state index is 14.0. The topological polar surface area (TPSA) is 57.0 Å². The lowest BCUT2D eigenvalue weighted by atomic mass is 10.2. The fourth-order valence-corrected chi connectivity index (χ4v) is 3.18. The van der Waals surface area contributed by atoms with Crippen LogP contribution in [0.2, 0.25) is 5.02 Å². The molecule has 1 aromatic carbocycles. The van der Waals surface area contributed by atoms with Gasteiger partial charge in [-0.2, -0.15) is 18.4 Å². The van der Waals surface area contributed by atoms with Gasteiger partial charge < -0.3 is 4.90 Å². The van der Waals surface area contributed by atoms with E-state index in [-0.39, 0.29) is 34.5 Å². The predicted octanol–water partition coefficient (Wildman–Crippen LogP) is 4.93. The molecule has 0 atom stereocenters. The molecule has 1 amide bonds. The molecule has 0 fully saturated rings. The molecular formula is C17H12ClF4N3OS. The second-order valence-electron chi connectivity index (χ2n) is 5.20. The normalized spacial score (nSPS) is 11.1. The Kier molecular flexibility index (Phi) is 7.05. The van der Waals surface area contributed by atoms with Gasteiger partial charge in [-0.15, -0.1) is 0 Å². The number of halogens is 5. The Labute approximate surface area is 161 Å². The van der Waals surface area contributed by atoms with Crippen molar-refractivity contribution >= 4 is 35.0 Å². The predicted molar refractivity (Wildman–Crippen MR) is 94.0 cm³/mol. The van der Waals surface area contributed by atoms with Gasteiger partial charge >= 0.3 is 6.18 Å².